The van der Waals surface area contributed by atoms with Gasteiger partial charge in [-0.25, -0.2) is 9.59 Å². The van der Waals surface area contributed by atoms with Crippen molar-refractivity contribution in [1.29, 1.82) is 0 Å². The smallest absolute Gasteiger partial charge is 0.414 e. The Morgan fingerprint density at radius 3 is 2.36 bits per heavy atom. The zero-order valence-corrected chi connectivity index (χ0v) is 29.1. The van der Waals surface area contributed by atoms with Crippen molar-refractivity contribution >= 4 is 41.0 Å². The predicted octanol–water partition coefficient (Wildman–Crippen LogP) is 6.73. The van der Waals surface area contributed by atoms with Crippen LogP contribution in [0.5, 0.6) is 17.2 Å². The lowest BCUT2D eigenvalue weighted by Crippen LogP contribution is -2.53. The molecule has 0 spiro atoms. The summed E-state index contributed by atoms with van der Waals surface area (Å²) in [6.45, 7) is 2.78. The molecular weight excluding hydrogens is 685 g/mol. The van der Waals surface area contributed by atoms with Crippen LogP contribution >= 0.6 is 23.2 Å². The Bertz CT molecular complexity index is 1840. The third-order valence-electron chi connectivity index (χ3n) is 9.19. The number of benzene rings is 3. The van der Waals surface area contributed by atoms with Crippen LogP contribution in [-0.4, -0.2) is 62.0 Å². The molecule has 1 amide bonds. The number of phenols is 1. The van der Waals surface area contributed by atoms with Gasteiger partial charge in [-0.15, -0.1) is 0 Å². The van der Waals surface area contributed by atoms with Crippen molar-refractivity contribution in [3.8, 4) is 17.2 Å². The van der Waals surface area contributed by atoms with Crippen molar-refractivity contribution in [1.82, 2.24) is 4.90 Å². The number of piperidine rings is 3. The molecule has 0 aliphatic carbocycles. The number of nitrogens with zero attached hydrogens (tertiary/aromatic N) is 3. The predicted molar refractivity (Wildman–Crippen MR) is 187 cm³/mol. The Kier molecular flexibility index (Phi) is 10.9. The zero-order chi connectivity index (χ0) is 35.4. The molecule has 2 bridgehead atoms. The first-order valence-corrected chi connectivity index (χ1v) is 17.0. The lowest BCUT2D eigenvalue weighted by Gasteiger charge is -2.44. The van der Waals surface area contributed by atoms with Crippen LogP contribution in [-0.2, 0) is 22.4 Å². The molecule has 13 heteroatoms. The molecule has 3 fully saturated rings. The molecule has 3 aliphatic heterocycles. The number of ether oxygens (including phenoxy) is 4. The van der Waals surface area contributed by atoms with Crippen LogP contribution in [0.3, 0.4) is 0 Å². The van der Waals surface area contributed by atoms with Crippen molar-refractivity contribution in [2.24, 2.45) is 5.92 Å². The normalized spacial score (nSPS) is 18.6. The number of carbonyl (C=O) groups excluding carboxylic acids is 2. The number of aromatic hydroxyl groups is 1. The zero-order valence-electron chi connectivity index (χ0n) is 27.6. The topological polar surface area (TPSA) is 125 Å². The summed E-state index contributed by atoms with van der Waals surface area (Å²) in [5.74, 6) is 0.583. The molecule has 3 aliphatic rings. The maximum atomic E-state index is 13.8. The number of phenolic OH excluding ortho intramolecular Hbond substituents is 1. The molecule has 4 heterocycles. The Morgan fingerprint density at radius 2 is 1.70 bits per heavy atom. The number of fused-ring (bicyclic) bond motifs is 3. The number of methoxy groups -OCH3 is 2. The van der Waals surface area contributed by atoms with Gasteiger partial charge in [-0.3, -0.25) is 9.80 Å². The van der Waals surface area contributed by atoms with Gasteiger partial charge in [0.25, 0.3) is 0 Å². The number of pyridine rings is 1. The number of hydrogen-bond donors (Lipinski definition) is 1. The highest BCUT2D eigenvalue weighted by molar-refractivity contribution is 6.35. The second-order valence-electron chi connectivity index (χ2n) is 12.4. The molecular formula is C37H37Cl2N3O8. The molecule has 7 rings (SSSR count). The number of anilines is 1. The highest BCUT2D eigenvalue weighted by Gasteiger charge is 2.37. The monoisotopic (exact) mass is 721 g/mol. The van der Waals surface area contributed by atoms with Crippen LogP contribution in [0.1, 0.15) is 46.0 Å². The third kappa shape index (κ3) is 8.01. The highest BCUT2D eigenvalue weighted by Crippen LogP contribution is 2.36. The summed E-state index contributed by atoms with van der Waals surface area (Å²) in [5.41, 5.74) is 2.31. The minimum absolute atomic E-state index is 0.00496. The van der Waals surface area contributed by atoms with E-state index in [0.717, 1.165) is 25.9 Å². The number of carbonyl (C=O) groups is 2. The van der Waals surface area contributed by atoms with Gasteiger partial charge in [0.15, 0.2) is 23.9 Å². The largest absolute Gasteiger partial charge is 0.619 e. The van der Waals surface area contributed by atoms with Gasteiger partial charge in [0, 0.05) is 24.6 Å². The number of rotatable bonds is 11. The molecule has 0 unspecified atom stereocenters. The molecule has 0 saturated carbocycles. The fourth-order valence-corrected chi connectivity index (χ4v) is 7.13. The van der Waals surface area contributed by atoms with Crippen molar-refractivity contribution in [2.75, 3.05) is 38.8 Å². The van der Waals surface area contributed by atoms with Crippen LogP contribution in [0, 0.1) is 11.1 Å². The van der Waals surface area contributed by atoms with Crippen LogP contribution in [0.4, 0.5) is 10.5 Å². The summed E-state index contributed by atoms with van der Waals surface area (Å²) in [6, 6.07) is 18.3. The second kappa shape index (κ2) is 15.5. The first-order valence-electron chi connectivity index (χ1n) is 16.2. The number of amides is 1. The molecule has 0 radical (unpaired) electrons. The fourth-order valence-electron chi connectivity index (χ4n) is 6.53. The van der Waals surface area contributed by atoms with Crippen molar-refractivity contribution in [3.63, 3.8) is 0 Å². The van der Waals surface area contributed by atoms with Gasteiger partial charge in [-0.2, -0.15) is 4.73 Å². The van der Waals surface area contributed by atoms with E-state index in [2.05, 4.69) is 4.90 Å². The fraction of sp³-hybridized carbons (Fsp3) is 0.324. The van der Waals surface area contributed by atoms with Gasteiger partial charge in [-0.05, 0) is 79.4 Å². The van der Waals surface area contributed by atoms with Gasteiger partial charge in [0.1, 0.15) is 28.0 Å². The summed E-state index contributed by atoms with van der Waals surface area (Å²) in [4.78, 5) is 31.3. The van der Waals surface area contributed by atoms with E-state index in [1.807, 2.05) is 0 Å². The summed E-state index contributed by atoms with van der Waals surface area (Å²) in [6.07, 6.45) is 2.73. The summed E-state index contributed by atoms with van der Waals surface area (Å²) < 4.78 is 23.5. The van der Waals surface area contributed by atoms with E-state index in [4.69, 9.17) is 42.1 Å². The standard InChI is InChI=1S/C37H37Cl2N3O8/c1-47-32-10-9-25(16-34(32)48-2)33(18-29-30(38)20-41(46)21-31(29)39)49-36(44)26-6-3-5-23(15-26)19-42(27-7-4-8-28(43)17-27)37(45)50-35-22-40-13-11-24(35)12-14-40/h3-10,15-17,20-21,24,33,35,43H,11-14,18-19,22H2,1-2H3/t33-,35-/m0/s1. The van der Waals surface area contributed by atoms with E-state index in [1.165, 1.54) is 43.6 Å². The first-order chi connectivity index (χ1) is 24.1. The lowest BCUT2D eigenvalue weighted by molar-refractivity contribution is -0.605. The van der Waals surface area contributed by atoms with Crippen LogP contribution in [0.15, 0.2) is 79.1 Å². The molecule has 11 nitrogen and oxygen atoms in total. The lowest BCUT2D eigenvalue weighted by atomic mass is 9.86. The summed E-state index contributed by atoms with van der Waals surface area (Å²) in [5, 5.41) is 22.4. The van der Waals surface area contributed by atoms with E-state index in [0.29, 0.717) is 51.1 Å². The van der Waals surface area contributed by atoms with Crippen LogP contribution in [0.2, 0.25) is 10.0 Å². The van der Waals surface area contributed by atoms with E-state index in [1.54, 1.807) is 54.6 Å². The van der Waals surface area contributed by atoms with E-state index in [9.17, 15) is 19.9 Å². The van der Waals surface area contributed by atoms with Gasteiger partial charge in [0.2, 0.25) is 0 Å². The average Bonchev–Trinajstić information content (AvgIpc) is 3.11. The van der Waals surface area contributed by atoms with Gasteiger partial charge in [-0.1, -0.05) is 47.5 Å². The molecule has 4 aromatic rings. The molecule has 1 N–H and O–H groups in total. The Morgan fingerprint density at radius 1 is 0.980 bits per heavy atom. The average molecular weight is 723 g/mol. The molecule has 2 atom stereocenters. The third-order valence-corrected chi connectivity index (χ3v) is 9.84. The Labute approximate surface area is 300 Å². The van der Waals surface area contributed by atoms with Crippen molar-refractivity contribution in [3.05, 3.63) is 117 Å². The summed E-state index contributed by atoms with van der Waals surface area (Å²) in [7, 11) is 3.02. The number of hydrogen-bond acceptors (Lipinski definition) is 9. The molecule has 50 heavy (non-hydrogen) atoms. The van der Waals surface area contributed by atoms with E-state index < -0.39 is 18.2 Å². The maximum Gasteiger partial charge on any atom is 0.414 e. The number of esters is 1. The first kappa shape index (κ1) is 35.1. The Balaban J connectivity index is 1.26. The van der Waals surface area contributed by atoms with Crippen LogP contribution < -0.4 is 19.1 Å². The molecule has 1 aromatic heterocycles. The van der Waals surface area contributed by atoms with Crippen molar-refractivity contribution in [2.45, 2.75) is 38.0 Å². The Hall–Kier alpha value is -4.71. The number of halogens is 2. The number of aromatic nitrogens is 1. The molecule has 3 aromatic carbocycles. The van der Waals surface area contributed by atoms with E-state index in [-0.39, 0.29) is 40.4 Å². The maximum absolute atomic E-state index is 13.8. The minimum atomic E-state index is -0.899. The molecule has 3 saturated heterocycles. The van der Waals surface area contributed by atoms with Gasteiger partial charge in [0.05, 0.1) is 32.0 Å². The highest BCUT2D eigenvalue weighted by atomic mass is 35.5. The van der Waals surface area contributed by atoms with E-state index >= 15 is 0 Å². The quantitative estimate of drug-likeness (QED) is 0.102. The minimum Gasteiger partial charge on any atom is -0.619 e. The van der Waals surface area contributed by atoms with Gasteiger partial charge >= 0.3 is 12.1 Å². The van der Waals surface area contributed by atoms with Crippen molar-refractivity contribution < 1.29 is 38.4 Å². The SMILES string of the molecule is COc1ccc([C@H](Cc2c(Cl)c[n+]([O-])cc2Cl)OC(=O)c2cccc(CN(C(=O)O[C@H]3CN4CCC3CC4)c3cccc(O)c3)c2)cc1OC. The van der Waals surface area contributed by atoms with Crippen LogP contribution in [0.25, 0.3) is 0 Å². The van der Waals surface area contributed by atoms with Gasteiger partial charge < -0.3 is 29.3 Å². The molecule has 262 valence electrons. The summed E-state index contributed by atoms with van der Waals surface area (Å²) >= 11 is 12.8. The second-order valence-corrected chi connectivity index (χ2v) is 13.2.